The van der Waals surface area contributed by atoms with E-state index in [4.69, 9.17) is 5.11 Å². The summed E-state index contributed by atoms with van der Waals surface area (Å²) >= 11 is 0. The van der Waals surface area contributed by atoms with Crippen LogP contribution in [0.4, 0.5) is 0 Å². The molecule has 0 aromatic heterocycles. The Morgan fingerprint density at radius 1 is 1.55 bits per heavy atom. The van der Waals surface area contributed by atoms with Gasteiger partial charge in [0.2, 0.25) is 0 Å². The first-order valence-electron chi connectivity index (χ1n) is 4.09. The van der Waals surface area contributed by atoms with Gasteiger partial charge in [0.25, 0.3) is 0 Å². The van der Waals surface area contributed by atoms with E-state index in [1.54, 1.807) is 0 Å². The molecule has 64 valence electrons. The first-order valence-corrected chi connectivity index (χ1v) is 4.09. The van der Waals surface area contributed by atoms with Crippen LogP contribution in [0.1, 0.15) is 33.1 Å². The van der Waals surface area contributed by atoms with Crippen molar-refractivity contribution in [3.63, 3.8) is 0 Å². The fraction of sp³-hybridized carbons (Fsp3) is 0.667. The zero-order valence-corrected chi connectivity index (χ0v) is 7.21. The van der Waals surface area contributed by atoms with Gasteiger partial charge in [-0.25, -0.2) is 0 Å². The van der Waals surface area contributed by atoms with Crippen molar-refractivity contribution in [2.45, 2.75) is 33.1 Å². The van der Waals surface area contributed by atoms with Crippen molar-refractivity contribution in [3.05, 3.63) is 12.2 Å². The molecule has 0 aromatic rings. The molecule has 0 rings (SSSR count). The number of carboxylic acids is 1. The van der Waals surface area contributed by atoms with E-state index in [2.05, 4.69) is 0 Å². The third kappa shape index (κ3) is 5.64. The maximum atomic E-state index is 10.3. The molecule has 1 N–H and O–H groups in total. The molecule has 0 heterocycles. The minimum Gasteiger partial charge on any atom is -0.481 e. The van der Waals surface area contributed by atoms with E-state index in [-0.39, 0.29) is 12.3 Å². The Morgan fingerprint density at radius 3 is 2.55 bits per heavy atom. The standard InChI is InChI=1S/C9H16O2/c1-3-5-6-8(4-2)7-9(10)11/h5-6,8H,3-4,7H2,1-2H3,(H,10,11)/b6-5+/t8-/m1/s1. The summed E-state index contributed by atoms with van der Waals surface area (Å²) in [5.41, 5.74) is 0. The molecule has 0 bridgehead atoms. The Hall–Kier alpha value is -0.790. The van der Waals surface area contributed by atoms with Crippen LogP contribution in [0.5, 0.6) is 0 Å². The minimum atomic E-state index is -0.711. The molecule has 0 aromatic carbocycles. The summed E-state index contributed by atoms with van der Waals surface area (Å²) in [6.07, 6.45) is 6.16. The van der Waals surface area contributed by atoms with E-state index in [1.165, 1.54) is 0 Å². The highest BCUT2D eigenvalue weighted by molar-refractivity contribution is 5.67. The van der Waals surface area contributed by atoms with Crippen molar-refractivity contribution in [1.29, 1.82) is 0 Å². The number of allylic oxidation sites excluding steroid dienone is 2. The Bertz CT molecular complexity index is 138. The lowest BCUT2D eigenvalue weighted by molar-refractivity contribution is -0.137. The third-order valence-electron chi connectivity index (χ3n) is 1.61. The summed E-state index contributed by atoms with van der Waals surface area (Å²) in [6, 6.07) is 0. The second-order valence-electron chi connectivity index (χ2n) is 2.60. The molecular weight excluding hydrogens is 140 g/mol. The number of carbonyl (C=O) groups is 1. The van der Waals surface area contributed by atoms with Gasteiger partial charge in [-0.2, -0.15) is 0 Å². The fourth-order valence-corrected chi connectivity index (χ4v) is 0.901. The van der Waals surface area contributed by atoms with Crippen LogP contribution in [0.3, 0.4) is 0 Å². The number of rotatable bonds is 5. The van der Waals surface area contributed by atoms with Crippen LogP contribution in [0.25, 0.3) is 0 Å². The van der Waals surface area contributed by atoms with Crippen LogP contribution in [0.2, 0.25) is 0 Å². The summed E-state index contributed by atoms with van der Waals surface area (Å²) in [5, 5.41) is 8.48. The molecule has 0 aliphatic rings. The molecular formula is C9H16O2. The van der Waals surface area contributed by atoms with E-state index < -0.39 is 5.97 Å². The molecule has 2 heteroatoms. The Kier molecular flexibility index (Phi) is 5.53. The SMILES string of the molecule is CC/C=C/[C@@H](CC)CC(=O)O. The maximum Gasteiger partial charge on any atom is 0.303 e. The average molecular weight is 156 g/mol. The second-order valence-corrected chi connectivity index (χ2v) is 2.60. The van der Waals surface area contributed by atoms with E-state index in [9.17, 15) is 4.79 Å². The van der Waals surface area contributed by atoms with Crippen molar-refractivity contribution < 1.29 is 9.90 Å². The molecule has 11 heavy (non-hydrogen) atoms. The highest BCUT2D eigenvalue weighted by Gasteiger charge is 2.06. The summed E-state index contributed by atoms with van der Waals surface area (Å²) in [4.78, 5) is 10.3. The highest BCUT2D eigenvalue weighted by atomic mass is 16.4. The van der Waals surface area contributed by atoms with E-state index in [0.717, 1.165) is 12.8 Å². The van der Waals surface area contributed by atoms with Gasteiger partial charge in [0.1, 0.15) is 0 Å². The molecule has 0 unspecified atom stereocenters. The maximum absolute atomic E-state index is 10.3. The van der Waals surface area contributed by atoms with Gasteiger partial charge in [0, 0.05) is 0 Å². The quantitative estimate of drug-likeness (QED) is 0.621. The molecule has 2 nitrogen and oxygen atoms in total. The first-order chi connectivity index (χ1) is 5.20. The number of hydrogen-bond donors (Lipinski definition) is 1. The first kappa shape index (κ1) is 10.2. The zero-order chi connectivity index (χ0) is 8.69. The van der Waals surface area contributed by atoms with Crippen LogP contribution in [0.15, 0.2) is 12.2 Å². The lowest BCUT2D eigenvalue weighted by Crippen LogP contribution is -2.03. The van der Waals surface area contributed by atoms with E-state index in [0.29, 0.717) is 0 Å². The molecule has 1 atom stereocenters. The van der Waals surface area contributed by atoms with Gasteiger partial charge in [-0.3, -0.25) is 4.79 Å². The fourth-order valence-electron chi connectivity index (χ4n) is 0.901. The van der Waals surface area contributed by atoms with E-state index >= 15 is 0 Å². The second kappa shape index (κ2) is 5.96. The Labute approximate surface area is 67.9 Å². The van der Waals surface area contributed by atoms with Crippen molar-refractivity contribution in [2.24, 2.45) is 5.92 Å². The van der Waals surface area contributed by atoms with Gasteiger partial charge in [0.15, 0.2) is 0 Å². The predicted molar refractivity (Wildman–Crippen MR) is 45.5 cm³/mol. The van der Waals surface area contributed by atoms with Crippen LogP contribution in [-0.2, 0) is 4.79 Å². The van der Waals surface area contributed by atoms with Gasteiger partial charge in [-0.1, -0.05) is 26.0 Å². The van der Waals surface area contributed by atoms with Crippen molar-refractivity contribution in [3.8, 4) is 0 Å². The average Bonchev–Trinajstić information content (AvgIpc) is 1.97. The van der Waals surface area contributed by atoms with Crippen LogP contribution >= 0.6 is 0 Å². The number of hydrogen-bond acceptors (Lipinski definition) is 1. The Balaban J connectivity index is 3.75. The summed E-state index contributed by atoms with van der Waals surface area (Å²) in [5.74, 6) is -0.495. The van der Waals surface area contributed by atoms with Crippen LogP contribution < -0.4 is 0 Å². The summed E-state index contributed by atoms with van der Waals surface area (Å²) < 4.78 is 0. The number of carboxylic acid groups (broad SMARTS) is 1. The lowest BCUT2D eigenvalue weighted by Gasteiger charge is -2.04. The third-order valence-corrected chi connectivity index (χ3v) is 1.61. The van der Waals surface area contributed by atoms with Gasteiger partial charge < -0.3 is 5.11 Å². The molecule has 0 aliphatic heterocycles. The zero-order valence-electron chi connectivity index (χ0n) is 7.21. The lowest BCUT2D eigenvalue weighted by atomic mass is 10.0. The molecule has 0 saturated heterocycles. The summed E-state index contributed by atoms with van der Waals surface area (Å²) in [6.45, 7) is 4.05. The number of aliphatic carboxylic acids is 1. The van der Waals surface area contributed by atoms with Crippen molar-refractivity contribution in [2.75, 3.05) is 0 Å². The van der Waals surface area contributed by atoms with Crippen LogP contribution in [-0.4, -0.2) is 11.1 Å². The minimum absolute atomic E-state index is 0.215. The van der Waals surface area contributed by atoms with E-state index in [1.807, 2.05) is 26.0 Å². The highest BCUT2D eigenvalue weighted by Crippen LogP contribution is 2.09. The largest absolute Gasteiger partial charge is 0.481 e. The van der Waals surface area contributed by atoms with Gasteiger partial charge in [0.05, 0.1) is 6.42 Å². The van der Waals surface area contributed by atoms with Gasteiger partial charge in [-0.05, 0) is 18.8 Å². The normalized spacial score (nSPS) is 13.6. The monoisotopic (exact) mass is 156 g/mol. The predicted octanol–water partition coefficient (Wildman–Crippen LogP) is 2.45. The van der Waals surface area contributed by atoms with Gasteiger partial charge >= 0.3 is 5.97 Å². The molecule has 0 spiro atoms. The molecule has 0 radical (unpaired) electrons. The van der Waals surface area contributed by atoms with Crippen molar-refractivity contribution in [1.82, 2.24) is 0 Å². The molecule has 0 amide bonds. The topological polar surface area (TPSA) is 37.3 Å². The molecule has 0 aliphatic carbocycles. The van der Waals surface area contributed by atoms with Crippen LogP contribution in [0, 0.1) is 5.92 Å². The summed E-state index contributed by atoms with van der Waals surface area (Å²) in [7, 11) is 0. The molecule has 0 saturated carbocycles. The smallest absolute Gasteiger partial charge is 0.303 e. The molecule has 0 fully saturated rings. The van der Waals surface area contributed by atoms with Crippen molar-refractivity contribution >= 4 is 5.97 Å². The Morgan fingerprint density at radius 2 is 2.18 bits per heavy atom. The van der Waals surface area contributed by atoms with Gasteiger partial charge in [-0.15, -0.1) is 0 Å².